The molecule has 106 valence electrons. The van der Waals surface area contributed by atoms with E-state index in [0.717, 1.165) is 5.52 Å². The fourth-order valence-electron chi connectivity index (χ4n) is 2.12. The molecular weight excluding hydrogens is 262 g/mol. The molecule has 0 amide bonds. The van der Waals surface area contributed by atoms with Crippen molar-refractivity contribution in [3.8, 4) is 0 Å². The maximum Gasteiger partial charge on any atom is 0.354 e. The summed E-state index contributed by atoms with van der Waals surface area (Å²) in [6.07, 6.45) is 0. The van der Waals surface area contributed by atoms with E-state index in [1.807, 2.05) is 0 Å². The molecule has 2 N–H and O–H groups in total. The van der Waals surface area contributed by atoms with Gasteiger partial charge in [-0.15, -0.1) is 0 Å². The Kier molecular flexibility index (Phi) is 3.99. The monoisotopic (exact) mass is 277 g/mol. The largest absolute Gasteiger partial charge is 0.461 e. The lowest BCUT2D eigenvalue weighted by molar-refractivity contribution is -0.384. The number of nitro groups is 1. The Labute approximate surface area is 115 Å². The number of hydrogen-bond acceptors (Lipinski definition) is 5. The fraction of sp³-hybridized carbons (Fsp3) is 0.308. The minimum atomic E-state index is -0.469. The molecular formula is C13H15N3O4. The van der Waals surface area contributed by atoms with Crippen molar-refractivity contribution in [3.63, 3.8) is 0 Å². The minimum Gasteiger partial charge on any atom is -0.461 e. The molecule has 7 heteroatoms. The van der Waals surface area contributed by atoms with Crippen LogP contribution in [-0.2, 0) is 11.3 Å². The molecule has 0 aliphatic carbocycles. The van der Waals surface area contributed by atoms with Gasteiger partial charge in [-0.3, -0.25) is 10.1 Å². The summed E-state index contributed by atoms with van der Waals surface area (Å²) in [7, 11) is 0. The zero-order valence-corrected chi connectivity index (χ0v) is 11.0. The molecule has 7 nitrogen and oxygen atoms in total. The molecule has 0 aliphatic heterocycles. The van der Waals surface area contributed by atoms with Gasteiger partial charge in [0.15, 0.2) is 0 Å². The molecule has 0 atom stereocenters. The molecule has 1 aromatic carbocycles. The van der Waals surface area contributed by atoms with Gasteiger partial charge in [0.1, 0.15) is 5.69 Å². The summed E-state index contributed by atoms with van der Waals surface area (Å²) in [5.41, 5.74) is 6.62. The number of non-ortho nitro benzene ring substituents is 1. The molecule has 0 bridgehead atoms. The van der Waals surface area contributed by atoms with E-state index in [1.54, 1.807) is 23.6 Å². The van der Waals surface area contributed by atoms with Gasteiger partial charge in [-0.2, -0.15) is 0 Å². The maximum atomic E-state index is 11.9. The van der Waals surface area contributed by atoms with Gasteiger partial charge in [0, 0.05) is 36.1 Å². The van der Waals surface area contributed by atoms with Crippen molar-refractivity contribution in [1.82, 2.24) is 4.57 Å². The molecule has 0 spiro atoms. The van der Waals surface area contributed by atoms with Crippen LogP contribution in [0.1, 0.15) is 17.4 Å². The third-order valence-corrected chi connectivity index (χ3v) is 2.93. The summed E-state index contributed by atoms with van der Waals surface area (Å²) in [5, 5.41) is 11.4. The lowest BCUT2D eigenvalue weighted by atomic mass is 10.2. The normalized spacial score (nSPS) is 10.7. The molecule has 2 rings (SSSR count). The van der Waals surface area contributed by atoms with Gasteiger partial charge in [0.25, 0.3) is 5.69 Å². The molecule has 0 saturated heterocycles. The molecule has 0 aliphatic rings. The molecule has 2 aromatic rings. The zero-order chi connectivity index (χ0) is 14.7. The minimum absolute atomic E-state index is 0.0159. The van der Waals surface area contributed by atoms with E-state index >= 15 is 0 Å². The topological polar surface area (TPSA) is 100 Å². The van der Waals surface area contributed by atoms with Gasteiger partial charge in [-0.1, -0.05) is 0 Å². The SMILES string of the molecule is CCOC(=O)c1cc2cc([N+](=O)[O-])ccc2n1CCN. The number of benzene rings is 1. The number of nitro benzene ring substituents is 1. The molecule has 1 heterocycles. The van der Waals surface area contributed by atoms with Crippen LogP contribution in [-0.4, -0.2) is 28.6 Å². The molecule has 20 heavy (non-hydrogen) atoms. The highest BCUT2D eigenvalue weighted by atomic mass is 16.6. The second kappa shape index (κ2) is 5.70. The molecule has 0 radical (unpaired) electrons. The van der Waals surface area contributed by atoms with E-state index in [-0.39, 0.29) is 12.3 Å². The van der Waals surface area contributed by atoms with E-state index in [1.165, 1.54) is 12.1 Å². The van der Waals surface area contributed by atoms with Gasteiger partial charge in [0.2, 0.25) is 0 Å². The predicted molar refractivity (Wildman–Crippen MR) is 73.6 cm³/mol. The highest BCUT2D eigenvalue weighted by Crippen LogP contribution is 2.25. The van der Waals surface area contributed by atoms with Crippen LogP contribution in [0.25, 0.3) is 10.9 Å². The lowest BCUT2D eigenvalue weighted by Gasteiger charge is -2.08. The van der Waals surface area contributed by atoms with Gasteiger partial charge in [0.05, 0.1) is 11.5 Å². The third-order valence-electron chi connectivity index (χ3n) is 2.93. The third kappa shape index (κ3) is 2.48. The number of fused-ring (bicyclic) bond motifs is 1. The average molecular weight is 277 g/mol. The van der Waals surface area contributed by atoms with Crippen molar-refractivity contribution in [2.75, 3.05) is 13.2 Å². The van der Waals surface area contributed by atoms with Crippen LogP contribution < -0.4 is 5.73 Å². The summed E-state index contributed by atoms with van der Waals surface area (Å²) in [5.74, 6) is -0.459. The number of nitrogens with two attached hydrogens (primary N) is 1. The smallest absolute Gasteiger partial charge is 0.354 e. The summed E-state index contributed by atoms with van der Waals surface area (Å²) < 4.78 is 6.71. The predicted octanol–water partition coefficient (Wildman–Crippen LogP) is 1.68. The Morgan fingerprint density at radius 3 is 2.80 bits per heavy atom. The number of carbonyl (C=O) groups excluding carboxylic acids is 1. The number of hydrogen-bond donors (Lipinski definition) is 1. The number of esters is 1. The van der Waals surface area contributed by atoms with E-state index < -0.39 is 10.9 Å². The second-order valence-corrected chi connectivity index (χ2v) is 4.19. The summed E-state index contributed by atoms with van der Waals surface area (Å²) in [6, 6.07) is 6.05. The quantitative estimate of drug-likeness (QED) is 0.509. The van der Waals surface area contributed by atoms with Crippen molar-refractivity contribution in [3.05, 3.63) is 40.1 Å². The number of carbonyl (C=O) groups is 1. The van der Waals surface area contributed by atoms with Crippen LogP contribution in [0.4, 0.5) is 5.69 Å². The maximum absolute atomic E-state index is 11.9. The Hall–Kier alpha value is -2.41. The Bertz CT molecular complexity index is 663. The van der Waals surface area contributed by atoms with Gasteiger partial charge >= 0.3 is 5.97 Å². The highest BCUT2D eigenvalue weighted by molar-refractivity contribution is 5.96. The molecule has 0 saturated carbocycles. The molecule has 0 unspecified atom stereocenters. The molecule has 0 fully saturated rings. The van der Waals surface area contributed by atoms with Gasteiger partial charge in [-0.05, 0) is 19.1 Å². The summed E-state index contributed by atoms with van der Waals surface area (Å²) >= 11 is 0. The number of nitrogens with zero attached hydrogens (tertiary/aromatic N) is 2. The Morgan fingerprint density at radius 1 is 1.45 bits per heavy atom. The van der Waals surface area contributed by atoms with Crippen LogP contribution in [0.3, 0.4) is 0 Å². The number of aromatic nitrogens is 1. The number of rotatable bonds is 5. The Balaban J connectivity index is 2.58. The lowest BCUT2D eigenvalue weighted by Crippen LogP contribution is -2.16. The van der Waals surface area contributed by atoms with E-state index in [0.29, 0.717) is 24.2 Å². The first-order valence-corrected chi connectivity index (χ1v) is 6.23. The average Bonchev–Trinajstić information content (AvgIpc) is 2.77. The van der Waals surface area contributed by atoms with Crippen LogP contribution in [0.2, 0.25) is 0 Å². The van der Waals surface area contributed by atoms with Crippen LogP contribution in [0, 0.1) is 10.1 Å². The van der Waals surface area contributed by atoms with Crippen molar-refractivity contribution in [2.45, 2.75) is 13.5 Å². The first-order valence-electron chi connectivity index (χ1n) is 6.23. The van der Waals surface area contributed by atoms with E-state index in [2.05, 4.69) is 0 Å². The van der Waals surface area contributed by atoms with E-state index in [4.69, 9.17) is 10.5 Å². The van der Waals surface area contributed by atoms with Crippen LogP contribution in [0.5, 0.6) is 0 Å². The second-order valence-electron chi connectivity index (χ2n) is 4.19. The number of ether oxygens (including phenoxy) is 1. The summed E-state index contributed by atoms with van der Waals surface area (Å²) in [6.45, 7) is 2.78. The van der Waals surface area contributed by atoms with Gasteiger partial charge < -0.3 is 15.0 Å². The van der Waals surface area contributed by atoms with Crippen molar-refractivity contribution < 1.29 is 14.5 Å². The fourth-order valence-corrected chi connectivity index (χ4v) is 2.12. The van der Waals surface area contributed by atoms with Crippen molar-refractivity contribution in [2.24, 2.45) is 5.73 Å². The van der Waals surface area contributed by atoms with Crippen LogP contribution in [0.15, 0.2) is 24.3 Å². The van der Waals surface area contributed by atoms with Crippen molar-refractivity contribution in [1.29, 1.82) is 0 Å². The van der Waals surface area contributed by atoms with E-state index in [9.17, 15) is 14.9 Å². The van der Waals surface area contributed by atoms with Gasteiger partial charge in [-0.25, -0.2) is 4.79 Å². The zero-order valence-electron chi connectivity index (χ0n) is 11.0. The Morgan fingerprint density at radius 2 is 2.20 bits per heavy atom. The highest BCUT2D eigenvalue weighted by Gasteiger charge is 2.18. The molecule has 1 aromatic heterocycles. The van der Waals surface area contributed by atoms with Crippen LogP contribution >= 0.6 is 0 Å². The standard InChI is InChI=1S/C13H15N3O4/c1-2-20-13(17)12-8-9-7-10(16(18)19)3-4-11(9)15(12)6-5-14/h3-4,7-8H,2,5-6,14H2,1H3. The first-order chi connectivity index (χ1) is 9.58. The van der Waals surface area contributed by atoms with Crippen molar-refractivity contribution >= 4 is 22.6 Å². The summed E-state index contributed by atoms with van der Waals surface area (Å²) in [4.78, 5) is 22.2. The first kappa shape index (κ1) is 14.0.